The lowest BCUT2D eigenvalue weighted by atomic mass is 9.96. The molecule has 0 spiro atoms. The minimum Gasteiger partial charge on any atom is -0.323 e. The van der Waals surface area contributed by atoms with Gasteiger partial charge in [-0.3, -0.25) is 0 Å². The van der Waals surface area contributed by atoms with Crippen molar-refractivity contribution in [3.8, 4) is 27.9 Å². The molecule has 3 aromatic heterocycles. The van der Waals surface area contributed by atoms with Crippen LogP contribution in [-0.4, -0.2) is 4.57 Å². The summed E-state index contributed by atoms with van der Waals surface area (Å²) in [5.74, 6) is 0. The maximum absolute atomic E-state index is 2.28. The van der Waals surface area contributed by atoms with E-state index in [1.165, 1.54) is 33.5 Å². The van der Waals surface area contributed by atoms with Crippen LogP contribution in [0.3, 0.4) is 0 Å². The summed E-state index contributed by atoms with van der Waals surface area (Å²) in [6.45, 7) is 2.17. The average Bonchev–Trinajstić information content (AvgIpc) is 3.27. The van der Waals surface area contributed by atoms with E-state index in [1.54, 1.807) is 22.7 Å². The number of thiophene rings is 2. The minimum absolute atomic E-state index is 1.26. The summed E-state index contributed by atoms with van der Waals surface area (Å²) in [7, 11) is 0. The van der Waals surface area contributed by atoms with Crippen LogP contribution in [0.25, 0.3) is 27.9 Å². The molecule has 1 aromatic carbocycles. The fraction of sp³-hybridized carbons (Fsp3) is 0.0526. The molecule has 0 bridgehead atoms. The molecule has 0 unspecified atom stereocenters. The maximum Gasteiger partial charge on any atom is 0.0607 e. The topological polar surface area (TPSA) is 4.93 Å². The van der Waals surface area contributed by atoms with Crippen molar-refractivity contribution in [1.82, 2.24) is 4.57 Å². The normalized spacial score (nSPS) is 11.0. The first-order valence-electron chi connectivity index (χ1n) is 7.16. The Kier molecular flexibility index (Phi) is 3.45. The Balaban J connectivity index is 2.07. The molecule has 0 radical (unpaired) electrons. The van der Waals surface area contributed by atoms with Crippen LogP contribution >= 0.6 is 22.7 Å². The second kappa shape index (κ2) is 5.59. The molecule has 3 heteroatoms. The highest BCUT2D eigenvalue weighted by molar-refractivity contribution is 7.08. The molecule has 0 saturated heterocycles. The molecule has 0 aliphatic heterocycles. The number of hydrogen-bond acceptors (Lipinski definition) is 2. The number of aryl methyl sites for hydroxylation is 1. The fourth-order valence-corrected chi connectivity index (χ4v) is 4.13. The van der Waals surface area contributed by atoms with E-state index in [0.717, 1.165) is 0 Å². The van der Waals surface area contributed by atoms with Crippen molar-refractivity contribution in [3.05, 3.63) is 75.9 Å². The lowest BCUT2D eigenvalue weighted by molar-refractivity contribution is 1.08. The average molecular weight is 321 g/mol. The Bertz CT molecular complexity index is 815. The number of benzene rings is 1. The molecule has 1 nitrogen and oxygen atoms in total. The molecule has 0 N–H and O–H groups in total. The van der Waals surface area contributed by atoms with Crippen LogP contribution in [0, 0.1) is 6.92 Å². The second-order valence-electron chi connectivity index (χ2n) is 5.32. The van der Waals surface area contributed by atoms with Crippen LogP contribution in [0.1, 0.15) is 5.56 Å². The Hall–Kier alpha value is -2.10. The lowest BCUT2D eigenvalue weighted by Gasteiger charge is -2.16. The fourth-order valence-electron chi connectivity index (χ4n) is 2.82. The van der Waals surface area contributed by atoms with Crippen molar-refractivity contribution >= 4 is 22.7 Å². The summed E-state index contributed by atoms with van der Waals surface area (Å²) in [5.41, 5.74) is 7.70. The summed E-state index contributed by atoms with van der Waals surface area (Å²) in [6, 6.07) is 13.1. The summed E-state index contributed by atoms with van der Waals surface area (Å²) >= 11 is 3.48. The van der Waals surface area contributed by atoms with E-state index in [-0.39, 0.29) is 0 Å². The first-order valence-corrected chi connectivity index (χ1v) is 9.04. The molecule has 0 saturated carbocycles. The van der Waals surface area contributed by atoms with Crippen molar-refractivity contribution in [3.63, 3.8) is 0 Å². The van der Waals surface area contributed by atoms with Crippen molar-refractivity contribution in [1.29, 1.82) is 0 Å². The largest absolute Gasteiger partial charge is 0.323 e. The van der Waals surface area contributed by atoms with Gasteiger partial charge in [-0.1, -0.05) is 0 Å². The molecule has 4 aromatic rings. The van der Waals surface area contributed by atoms with Gasteiger partial charge in [0.25, 0.3) is 0 Å². The van der Waals surface area contributed by atoms with Gasteiger partial charge in [0.05, 0.1) is 5.69 Å². The number of aromatic nitrogens is 1. The van der Waals surface area contributed by atoms with E-state index in [9.17, 15) is 0 Å². The third-order valence-electron chi connectivity index (χ3n) is 3.78. The SMILES string of the molecule is Cc1cc(-c2ccsc2)c(-n2cccc2)c(-c2ccsc2)c1. The van der Waals surface area contributed by atoms with Crippen LogP contribution in [0.15, 0.2) is 70.3 Å². The summed E-state index contributed by atoms with van der Waals surface area (Å²) in [4.78, 5) is 0. The Morgan fingerprint density at radius 3 is 1.82 bits per heavy atom. The predicted molar refractivity (Wildman–Crippen MR) is 97.1 cm³/mol. The molecule has 0 atom stereocenters. The Labute approximate surface area is 138 Å². The zero-order valence-corrected chi connectivity index (χ0v) is 13.8. The molecular formula is C19H15NS2. The molecule has 0 aliphatic rings. The number of rotatable bonds is 3. The predicted octanol–water partition coefficient (Wildman–Crippen LogP) is 6.24. The zero-order valence-electron chi connectivity index (χ0n) is 12.2. The van der Waals surface area contributed by atoms with Gasteiger partial charge in [-0.15, -0.1) is 0 Å². The summed E-state index contributed by atoms with van der Waals surface area (Å²) in [5, 5.41) is 8.72. The van der Waals surface area contributed by atoms with E-state index >= 15 is 0 Å². The van der Waals surface area contributed by atoms with E-state index in [0.29, 0.717) is 0 Å². The molecule has 108 valence electrons. The van der Waals surface area contributed by atoms with Gasteiger partial charge in [0.2, 0.25) is 0 Å². The van der Waals surface area contributed by atoms with Crippen LogP contribution in [-0.2, 0) is 0 Å². The minimum atomic E-state index is 1.26. The number of hydrogen-bond donors (Lipinski definition) is 0. The van der Waals surface area contributed by atoms with E-state index in [2.05, 4.69) is 81.8 Å². The first kappa shape index (κ1) is 13.6. The van der Waals surface area contributed by atoms with Gasteiger partial charge in [0, 0.05) is 23.5 Å². The quantitative estimate of drug-likeness (QED) is 0.421. The van der Waals surface area contributed by atoms with Gasteiger partial charge < -0.3 is 4.57 Å². The van der Waals surface area contributed by atoms with Gasteiger partial charge in [0.1, 0.15) is 0 Å². The highest BCUT2D eigenvalue weighted by Gasteiger charge is 2.15. The number of nitrogens with zero attached hydrogens (tertiary/aromatic N) is 1. The van der Waals surface area contributed by atoms with Gasteiger partial charge in [-0.25, -0.2) is 0 Å². The molecule has 0 fully saturated rings. The highest BCUT2D eigenvalue weighted by Crippen LogP contribution is 2.38. The summed E-state index contributed by atoms with van der Waals surface area (Å²) in [6.07, 6.45) is 4.24. The standard InChI is InChI=1S/C19H15NS2/c1-14-10-17(15-4-8-21-12-15)19(20-6-2-3-7-20)18(11-14)16-5-9-22-13-16/h2-13H,1H3. The van der Waals surface area contributed by atoms with Crippen molar-refractivity contribution in [2.75, 3.05) is 0 Å². The molecule has 4 rings (SSSR count). The highest BCUT2D eigenvalue weighted by atomic mass is 32.1. The molecule has 0 amide bonds. The van der Waals surface area contributed by atoms with E-state index < -0.39 is 0 Å². The zero-order chi connectivity index (χ0) is 14.9. The second-order valence-corrected chi connectivity index (χ2v) is 6.88. The third kappa shape index (κ3) is 2.32. The van der Waals surface area contributed by atoms with Crippen molar-refractivity contribution in [2.24, 2.45) is 0 Å². The van der Waals surface area contributed by atoms with E-state index in [1.807, 2.05) is 0 Å². The maximum atomic E-state index is 2.28. The van der Waals surface area contributed by atoms with Gasteiger partial charge >= 0.3 is 0 Å². The van der Waals surface area contributed by atoms with E-state index in [4.69, 9.17) is 0 Å². The van der Waals surface area contributed by atoms with Gasteiger partial charge in [0.15, 0.2) is 0 Å². The summed E-state index contributed by atoms with van der Waals surface area (Å²) < 4.78 is 2.22. The first-order chi connectivity index (χ1) is 10.8. The van der Waals surface area contributed by atoms with Crippen LogP contribution < -0.4 is 0 Å². The molecular weight excluding hydrogens is 306 g/mol. The van der Waals surface area contributed by atoms with Crippen LogP contribution in [0.5, 0.6) is 0 Å². The molecule has 0 aliphatic carbocycles. The van der Waals surface area contributed by atoms with Crippen molar-refractivity contribution < 1.29 is 0 Å². The van der Waals surface area contributed by atoms with Crippen LogP contribution in [0.4, 0.5) is 0 Å². The van der Waals surface area contributed by atoms with Crippen molar-refractivity contribution in [2.45, 2.75) is 6.92 Å². The molecule has 3 heterocycles. The van der Waals surface area contributed by atoms with Crippen LogP contribution in [0.2, 0.25) is 0 Å². The Morgan fingerprint density at radius 2 is 1.36 bits per heavy atom. The van der Waals surface area contributed by atoms with Gasteiger partial charge in [-0.2, -0.15) is 22.7 Å². The lowest BCUT2D eigenvalue weighted by Crippen LogP contribution is -1.98. The van der Waals surface area contributed by atoms with Gasteiger partial charge in [-0.05, 0) is 81.5 Å². The smallest absolute Gasteiger partial charge is 0.0607 e. The Morgan fingerprint density at radius 1 is 0.818 bits per heavy atom. The third-order valence-corrected chi connectivity index (χ3v) is 5.15. The molecule has 22 heavy (non-hydrogen) atoms. The monoisotopic (exact) mass is 321 g/mol.